The Bertz CT molecular complexity index is 815. The van der Waals surface area contributed by atoms with E-state index in [1.165, 1.54) is 4.70 Å². The van der Waals surface area contributed by atoms with Gasteiger partial charge in [-0.2, -0.15) is 4.98 Å². The minimum atomic E-state index is -0.603. The summed E-state index contributed by atoms with van der Waals surface area (Å²) in [5.41, 5.74) is 0. The second-order valence-electron chi connectivity index (χ2n) is 5.24. The van der Waals surface area contributed by atoms with Gasteiger partial charge in [0.05, 0.1) is 6.54 Å². The van der Waals surface area contributed by atoms with E-state index in [1.54, 1.807) is 25.3 Å². The van der Waals surface area contributed by atoms with Gasteiger partial charge < -0.3 is 20.3 Å². The predicted molar refractivity (Wildman–Crippen MR) is 109 cm³/mol. The van der Waals surface area contributed by atoms with Gasteiger partial charge in [-0.05, 0) is 17.5 Å². The smallest absolute Gasteiger partial charge is 0.223 e. The largest absolute Gasteiger partial charge is 0.386 e. The number of guanidine groups is 1. The van der Waals surface area contributed by atoms with E-state index >= 15 is 0 Å². The summed E-state index contributed by atoms with van der Waals surface area (Å²) >= 11 is 1.59. The van der Waals surface area contributed by atoms with Crippen LogP contribution in [0.3, 0.4) is 0 Å². The third-order valence-corrected chi connectivity index (χ3v) is 4.66. The van der Waals surface area contributed by atoms with E-state index in [0.717, 1.165) is 10.3 Å². The lowest BCUT2D eigenvalue weighted by molar-refractivity contribution is 0.184. The summed E-state index contributed by atoms with van der Waals surface area (Å²) in [5, 5.41) is 21.5. The van der Waals surface area contributed by atoms with Gasteiger partial charge in [0.25, 0.3) is 0 Å². The topological polar surface area (TPSA) is 95.6 Å². The number of nitrogens with one attached hydrogen (secondary N) is 2. The molecule has 0 aliphatic carbocycles. The van der Waals surface area contributed by atoms with Gasteiger partial charge in [0.15, 0.2) is 11.8 Å². The molecule has 0 bridgehead atoms. The number of aliphatic hydroxyl groups is 1. The molecular formula is C16H20IN5O2S. The van der Waals surface area contributed by atoms with Crippen LogP contribution in [0.4, 0.5) is 0 Å². The van der Waals surface area contributed by atoms with Crippen molar-refractivity contribution in [3.05, 3.63) is 46.9 Å². The number of thiophene rings is 1. The maximum Gasteiger partial charge on any atom is 0.223 e. The van der Waals surface area contributed by atoms with Gasteiger partial charge in [-0.1, -0.05) is 23.4 Å². The molecular weight excluding hydrogens is 453 g/mol. The van der Waals surface area contributed by atoms with E-state index in [1.807, 2.05) is 24.3 Å². The SMILES string of the molecule is CN=C(NCc1noc(C)n1)NCC(O)c1cc2ccccc2s1.I. The summed E-state index contributed by atoms with van der Waals surface area (Å²) < 4.78 is 6.08. The van der Waals surface area contributed by atoms with Gasteiger partial charge >= 0.3 is 0 Å². The number of benzene rings is 1. The number of halogens is 1. The van der Waals surface area contributed by atoms with E-state index < -0.39 is 6.10 Å². The van der Waals surface area contributed by atoms with Crippen LogP contribution in [0.1, 0.15) is 22.7 Å². The van der Waals surface area contributed by atoms with Gasteiger partial charge in [0.2, 0.25) is 5.89 Å². The van der Waals surface area contributed by atoms with Crippen molar-refractivity contribution in [2.45, 2.75) is 19.6 Å². The zero-order valence-corrected chi connectivity index (χ0v) is 17.0. The Kier molecular flexibility index (Phi) is 7.14. The number of aryl methyl sites for hydroxylation is 1. The Morgan fingerprint density at radius 2 is 2.16 bits per heavy atom. The second kappa shape index (κ2) is 9.11. The zero-order chi connectivity index (χ0) is 16.9. The molecule has 2 heterocycles. The molecule has 0 amide bonds. The molecule has 2 aromatic heterocycles. The van der Waals surface area contributed by atoms with E-state index in [2.05, 4.69) is 31.8 Å². The summed E-state index contributed by atoms with van der Waals surface area (Å²) in [7, 11) is 1.67. The monoisotopic (exact) mass is 473 g/mol. The molecule has 3 N–H and O–H groups in total. The summed E-state index contributed by atoms with van der Waals surface area (Å²) in [6.07, 6.45) is -0.603. The van der Waals surface area contributed by atoms with Crippen LogP contribution in [-0.4, -0.2) is 34.8 Å². The first-order valence-corrected chi connectivity index (χ1v) is 8.37. The van der Waals surface area contributed by atoms with Crippen molar-refractivity contribution in [3.63, 3.8) is 0 Å². The molecule has 0 radical (unpaired) electrons. The van der Waals surface area contributed by atoms with Crippen LogP contribution in [0, 0.1) is 6.92 Å². The third kappa shape index (κ3) is 5.13. The van der Waals surface area contributed by atoms with Crippen LogP contribution in [0.2, 0.25) is 0 Å². The Labute approximate surface area is 166 Å². The van der Waals surface area contributed by atoms with Crippen molar-refractivity contribution in [1.82, 2.24) is 20.8 Å². The fourth-order valence-corrected chi connectivity index (χ4v) is 3.31. The van der Waals surface area contributed by atoms with Gasteiger partial charge in [0.1, 0.15) is 6.10 Å². The Morgan fingerprint density at radius 3 is 2.84 bits per heavy atom. The summed E-state index contributed by atoms with van der Waals surface area (Å²) in [5.74, 6) is 1.65. The Morgan fingerprint density at radius 1 is 1.36 bits per heavy atom. The molecule has 1 unspecified atom stereocenters. The molecule has 1 aromatic carbocycles. The van der Waals surface area contributed by atoms with Gasteiger partial charge in [-0.3, -0.25) is 4.99 Å². The number of hydrogen-bond donors (Lipinski definition) is 3. The average Bonchev–Trinajstić information content (AvgIpc) is 3.20. The van der Waals surface area contributed by atoms with E-state index in [9.17, 15) is 5.11 Å². The molecule has 1 atom stereocenters. The molecule has 0 aliphatic heterocycles. The molecule has 0 aliphatic rings. The Hall–Kier alpha value is -1.72. The molecule has 0 fully saturated rings. The maximum atomic E-state index is 10.4. The van der Waals surface area contributed by atoms with E-state index in [4.69, 9.17) is 4.52 Å². The molecule has 0 saturated carbocycles. The van der Waals surface area contributed by atoms with Crippen LogP contribution in [-0.2, 0) is 6.54 Å². The van der Waals surface area contributed by atoms with Crippen molar-refractivity contribution in [2.24, 2.45) is 4.99 Å². The molecule has 0 spiro atoms. The molecule has 25 heavy (non-hydrogen) atoms. The van der Waals surface area contributed by atoms with Crippen LogP contribution < -0.4 is 10.6 Å². The number of aromatic nitrogens is 2. The minimum Gasteiger partial charge on any atom is -0.386 e. The van der Waals surface area contributed by atoms with Crippen LogP contribution in [0.5, 0.6) is 0 Å². The van der Waals surface area contributed by atoms with Crippen molar-refractivity contribution in [3.8, 4) is 0 Å². The number of rotatable bonds is 5. The van der Waals surface area contributed by atoms with Crippen molar-refractivity contribution < 1.29 is 9.63 Å². The highest BCUT2D eigenvalue weighted by atomic mass is 127. The number of aliphatic imine (C=N–C) groups is 1. The number of aliphatic hydroxyl groups excluding tert-OH is 1. The first-order chi connectivity index (χ1) is 11.7. The predicted octanol–water partition coefficient (Wildman–Crippen LogP) is 2.61. The standard InChI is InChI=1S/C16H19N5O2S.HI/c1-10-20-15(21-23-10)9-19-16(17-2)18-8-12(22)14-7-11-5-3-4-6-13(11)24-14;/h3-7,12,22H,8-9H2,1-2H3,(H2,17,18,19);1H. The Balaban J connectivity index is 0.00000225. The minimum absolute atomic E-state index is 0. The normalized spacial score (nSPS) is 12.7. The quantitative estimate of drug-likeness (QED) is 0.300. The zero-order valence-electron chi connectivity index (χ0n) is 13.9. The highest BCUT2D eigenvalue weighted by molar-refractivity contribution is 14.0. The van der Waals surface area contributed by atoms with Crippen LogP contribution in [0.25, 0.3) is 10.1 Å². The number of hydrogen-bond acceptors (Lipinski definition) is 6. The van der Waals surface area contributed by atoms with Gasteiger partial charge in [-0.15, -0.1) is 35.3 Å². The third-order valence-electron chi connectivity index (χ3n) is 3.44. The summed E-state index contributed by atoms with van der Waals surface area (Å²) in [4.78, 5) is 9.16. The van der Waals surface area contributed by atoms with Crippen molar-refractivity contribution >= 4 is 51.4 Å². The van der Waals surface area contributed by atoms with Crippen LogP contribution >= 0.6 is 35.3 Å². The van der Waals surface area contributed by atoms with Crippen molar-refractivity contribution in [2.75, 3.05) is 13.6 Å². The second-order valence-corrected chi connectivity index (χ2v) is 6.35. The lowest BCUT2D eigenvalue weighted by Gasteiger charge is -2.13. The fourth-order valence-electron chi connectivity index (χ4n) is 2.26. The summed E-state index contributed by atoms with van der Waals surface area (Å²) in [6.45, 7) is 2.50. The fraction of sp³-hybridized carbons (Fsp3) is 0.312. The van der Waals surface area contributed by atoms with Crippen molar-refractivity contribution in [1.29, 1.82) is 0 Å². The molecule has 3 aromatic rings. The summed E-state index contributed by atoms with van der Waals surface area (Å²) in [6, 6.07) is 10.1. The molecule has 3 rings (SSSR count). The first-order valence-electron chi connectivity index (χ1n) is 7.56. The van der Waals surface area contributed by atoms with Crippen LogP contribution in [0.15, 0.2) is 39.8 Å². The maximum absolute atomic E-state index is 10.4. The van der Waals surface area contributed by atoms with E-state index in [0.29, 0.717) is 30.8 Å². The average molecular weight is 473 g/mol. The first kappa shape index (κ1) is 19.6. The van der Waals surface area contributed by atoms with E-state index in [-0.39, 0.29) is 24.0 Å². The highest BCUT2D eigenvalue weighted by Gasteiger charge is 2.12. The molecule has 134 valence electrons. The molecule has 9 heteroatoms. The molecule has 0 saturated heterocycles. The number of fused-ring (bicyclic) bond motifs is 1. The van der Waals surface area contributed by atoms with Gasteiger partial charge in [-0.25, -0.2) is 0 Å². The number of nitrogens with zero attached hydrogens (tertiary/aromatic N) is 3. The lowest BCUT2D eigenvalue weighted by Crippen LogP contribution is -2.39. The van der Waals surface area contributed by atoms with Gasteiger partial charge in [0, 0.05) is 30.1 Å². The molecule has 7 nitrogen and oxygen atoms in total. The highest BCUT2D eigenvalue weighted by Crippen LogP contribution is 2.29. The lowest BCUT2D eigenvalue weighted by atomic mass is 10.2.